The zero-order valence-corrected chi connectivity index (χ0v) is 10.9. The SMILES string of the molecule is CCCC1CN(c2ccc(Br)c(C)n2)C1. The molecule has 0 bridgehead atoms. The van der Waals surface area contributed by atoms with Gasteiger partial charge in [-0.15, -0.1) is 0 Å². The summed E-state index contributed by atoms with van der Waals surface area (Å²) in [6.45, 7) is 6.66. The fourth-order valence-corrected chi connectivity index (χ4v) is 2.28. The van der Waals surface area contributed by atoms with Gasteiger partial charge in [0.1, 0.15) is 5.82 Å². The number of pyridine rings is 1. The molecule has 2 nitrogen and oxygen atoms in total. The summed E-state index contributed by atoms with van der Waals surface area (Å²) in [4.78, 5) is 6.93. The van der Waals surface area contributed by atoms with Crippen LogP contribution in [0.25, 0.3) is 0 Å². The fourth-order valence-electron chi connectivity index (χ4n) is 2.05. The van der Waals surface area contributed by atoms with Crippen LogP contribution in [0.1, 0.15) is 25.5 Å². The highest BCUT2D eigenvalue weighted by molar-refractivity contribution is 9.10. The highest BCUT2D eigenvalue weighted by atomic mass is 79.9. The minimum Gasteiger partial charge on any atom is -0.356 e. The predicted molar refractivity (Wildman–Crippen MR) is 67.3 cm³/mol. The fraction of sp³-hybridized carbons (Fsp3) is 0.583. The number of rotatable bonds is 3. The third-order valence-corrected chi connectivity index (χ3v) is 3.82. The normalized spacial score (nSPS) is 16.6. The van der Waals surface area contributed by atoms with Gasteiger partial charge in [-0.2, -0.15) is 0 Å². The van der Waals surface area contributed by atoms with E-state index in [1.165, 1.54) is 25.9 Å². The molecule has 0 saturated carbocycles. The van der Waals surface area contributed by atoms with Crippen LogP contribution in [-0.4, -0.2) is 18.1 Å². The van der Waals surface area contributed by atoms with E-state index in [1.807, 2.05) is 6.92 Å². The second-order valence-electron chi connectivity index (χ2n) is 4.30. The molecule has 1 aliphatic rings. The zero-order valence-electron chi connectivity index (χ0n) is 9.33. The van der Waals surface area contributed by atoms with E-state index >= 15 is 0 Å². The Hall–Kier alpha value is -0.570. The van der Waals surface area contributed by atoms with E-state index in [1.54, 1.807) is 0 Å². The summed E-state index contributed by atoms with van der Waals surface area (Å²) in [6, 6.07) is 4.18. The van der Waals surface area contributed by atoms with Gasteiger partial charge in [0, 0.05) is 17.6 Å². The molecule has 15 heavy (non-hydrogen) atoms. The van der Waals surface area contributed by atoms with Gasteiger partial charge in [-0.3, -0.25) is 0 Å². The van der Waals surface area contributed by atoms with Crippen LogP contribution in [-0.2, 0) is 0 Å². The van der Waals surface area contributed by atoms with Crippen molar-refractivity contribution >= 4 is 21.7 Å². The topological polar surface area (TPSA) is 16.1 Å². The predicted octanol–water partition coefficient (Wildman–Crippen LogP) is 3.39. The second-order valence-corrected chi connectivity index (χ2v) is 5.15. The standard InChI is InChI=1S/C12H17BrN2/c1-3-4-10-7-15(8-10)12-6-5-11(13)9(2)14-12/h5-6,10H,3-4,7-8H2,1-2H3. The number of nitrogens with zero attached hydrogens (tertiary/aromatic N) is 2. The maximum absolute atomic E-state index is 4.57. The van der Waals surface area contributed by atoms with Crippen molar-refractivity contribution < 1.29 is 0 Å². The maximum Gasteiger partial charge on any atom is 0.128 e. The third kappa shape index (κ3) is 2.33. The van der Waals surface area contributed by atoms with Gasteiger partial charge in [-0.05, 0) is 47.3 Å². The molecule has 0 atom stereocenters. The molecule has 82 valence electrons. The van der Waals surface area contributed by atoms with Crippen LogP contribution >= 0.6 is 15.9 Å². The Bertz CT molecular complexity index is 345. The van der Waals surface area contributed by atoms with Crippen molar-refractivity contribution in [2.75, 3.05) is 18.0 Å². The van der Waals surface area contributed by atoms with Gasteiger partial charge in [0.15, 0.2) is 0 Å². The maximum atomic E-state index is 4.57. The molecule has 0 spiro atoms. The molecule has 0 aliphatic carbocycles. The average molecular weight is 269 g/mol. The van der Waals surface area contributed by atoms with Crippen molar-refractivity contribution in [3.63, 3.8) is 0 Å². The minimum atomic E-state index is 0.890. The molecular weight excluding hydrogens is 252 g/mol. The van der Waals surface area contributed by atoms with Gasteiger partial charge >= 0.3 is 0 Å². The minimum absolute atomic E-state index is 0.890. The van der Waals surface area contributed by atoms with Crippen molar-refractivity contribution in [1.29, 1.82) is 0 Å². The number of hydrogen-bond donors (Lipinski definition) is 0. The Morgan fingerprint density at radius 1 is 1.47 bits per heavy atom. The molecule has 0 amide bonds. The lowest BCUT2D eigenvalue weighted by atomic mass is 9.95. The van der Waals surface area contributed by atoms with Crippen molar-refractivity contribution in [1.82, 2.24) is 4.98 Å². The number of hydrogen-bond acceptors (Lipinski definition) is 2. The lowest BCUT2D eigenvalue weighted by molar-refractivity contribution is 0.378. The summed E-state index contributed by atoms with van der Waals surface area (Å²) in [5, 5.41) is 0. The monoisotopic (exact) mass is 268 g/mol. The molecule has 1 aliphatic heterocycles. The van der Waals surface area contributed by atoms with Gasteiger partial charge in [0.25, 0.3) is 0 Å². The third-order valence-electron chi connectivity index (χ3n) is 2.98. The lowest BCUT2D eigenvalue weighted by Gasteiger charge is -2.40. The van der Waals surface area contributed by atoms with E-state index in [0.717, 1.165) is 21.9 Å². The van der Waals surface area contributed by atoms with E-state index in [4.69, 9.17) is 0 Å². The Morgan fingerprint density at radius 2 is 2.20 bits per heavy atom. The van der Waals surface area contributed by atoms with Crippen molar-refractivity contribution in [2.24, 2.45) is 5.92 Å². The van der Waals surface area contributed by atoms with E-state index in [0.29, 0.717) is 0 Å². The quantitative estimate of drug-likeness (QED) is 0.836. The van der Waals surface area contributed by atoms with Crippen LogP contribution in [0, 0.1) is 12.8 Å². The van der Waals surface area contributed by atoms with E-state index in [2.05, 4.69) is 44.9 Å². The first-order valence-electron chi connectivity index (χ1n) is 5.58. The average Bonchev–Trinajstić information content (AvgIpc) is 2.16. The summed E-state index contributed by atoms with van der Waals surface area (Å²) in [7, 11) is 0. The first-order valence-corrected chi connectivity index (χ1v) is 6.38. The first kappa shape index (κ1) is 10.9. The summed E-state index contributed by atoms with van der Waals surface area (Å²) in [5.74, 6) is 2.02. The number of anilines is 1. The molecule has 3 heteroatoms. The first-order chi connectivity index (χ1) is 7.20. The highest BCUT2D eigenvalue weighted by Crippen LogP contribution is 2.27. The van der Waals surface area contributed by atoms with Gasteiger partial charge in [0.2, 0.25) is 0 Å². The molecule has 1 fully saturated rings. The molecular formula is C12H17BrN2. The van der Waals surface area contributed by atoms with Crippen LogP contribution in [0.3, 0.4) is 0 Å². The van der Waals surface area contributed by atoms with Gasteiger partial charge < -0.3 is 4.90 Å². The molecule has 0 N–H and O–H groups in total. The van der Waals surface area contributed by atoms with Crippen LogP contribution in [0.15, 0.2) is 16.6 Å². The number of aryl methyl sites for hydroxylation is 1. The van der Waals surface area contributed by atoms with Gasteiger partial charge in [0.05, 0.1) is 5.69 Å². The molecule has 1 saturated heterocycles. The Morgan fingerprint density at radius 3 is 2.80 bits per heavy atom. The zero-order chi connectivity index (χ0) is 10.8. The molecule has 0 radical (unpaired) electrons. The summed E-state index contributed by atoms with van der Waals surface area (Å²) in [6.07, 6.45) is 2.65. The number of aromatic nitrogens is 1. The van der Waals surface area contributed by atoms with Crippen LogP contribution in [0.5, 0.6) is 0 Å². The van der Waals surface area contributed by atoms with Gasteiger partial charge in [-0.25, -0.2) is 4.98 Å². The lowest BCUT2D eigenvalue weighted by Crippen LogP contribution is -2.47. The van der Waals surface area contributed by atoms with Gasteiger partial charge in [-0.1, -0.05) is 13.3 Å². The summed E-state index contributed by atoms with van der Waals surface area (Å²) in [5.41, 5.74) is 1.08. The summed E-state index contributed by atoms with van der Waals surface area (Å²) < 4.78 is 1.09. The van der Waals surface area contributed by atoms with Crippen LogP contribution in [0.4, 0.5) is 5.82 Å². The van der Waals surface area contributed by atoms with Crippen LogP contribution < -0.4 is 4.90 Å². The second kappa shape index (κ2) is 4.52. The molecule has 0 aromatic carbocycles. The van der Waals surface area contributed by atoms with E-state index in [9.17, 15) is 0 Å². The molecule has 1 aromatic heterocycles. The number of halogens is 1. The van der Waals surface area contributed by atoms with E-state index < -0.39 is 0 Å². The van der Waals surface area contributed by atoms with Crippen molar-refractivity contribution in [3.8, 4) is 0 Å². The Balaban J connectivity index is 1.98. The molecule has 2 rings (SSSR count). The highest BCUT2D eigenvalue weighted by Gasteiger charge is 2.26. The Kier molecular flexibility index (Phi) is 3.29. The molecule has 2 heterocycles. The summed E-state index contributed by atoms with van der Waals surface area (Å²) >= 11 is 3.47. The van der Waals surface area contributed by atoms with Crippen molar-refractivity contribution in [2.45, 2.75) is 26.7 Å². The smallest absolute Gasteiger partial charge is 0.128 e. The molecule has 1 aromatic rings. The largest absolute Gasteiger partial charge is 0.356 e. The van der Waals surface area contributed by atoms with Crippen molar-refractivity contribution in [3.05, 3.63) is 22.3 Å². The van der Waals surface area contributed by atoms with Crippen LogP contribution in [0.2, 0.25) is 0 Å². The molecule has 0 unspecified atom stereocenters. The van der Waals surface area contributed by atoms with E-state index in [-0.39, 0.29) is 0 Å². The Labute approximate surface area is 99.8 Å².